The Morgan fingerprint density at radius 2 is 1.92 bits per heavy atom. The maximum atomic E-state index is 13.7. The first-order valence-electron chi connectivity index (χ1n) is 12.7. The Bertz CT molecular complexity index is 1120. The van der Waals surface area contributed by atoms with E-state index in [1.807, 2.05) is 17.9 Å². The Morgan fingerprint density at radius 3 is 2.47 bits per heavy atom. The van der Waals surface area contributed by atoms with Gasteiger partial charge in [-0.05, 0) is 86.3 Å². The van der Waals surface area contributed by atoms with Crippen molar-refractivity contribution in [2.45, 2.75) is 97.9 Å². The second kappa shape index (κ2) is 10.5. The zero-order valence-corrected chi connectivity index (χ0v) is 23.9. The van der Waals surface area contributed by atoms with Crippen molar-refractivity contribution in [2.24, 2.45) is 0 Å². The Morgan fingerprint density at radius 1 is 1.25 bits per heavy atom. The molecule has 2 atom stereocenters. The second-order valence-corrected chi connectivity index (χ2v) is 12.5. The molecule has 1 unspecified atom stereocenters. The molecule has 0 spiro atoms. The fourth-order valence-corrected chi connectivity index (χ4v) is 5.44. The number of hydrogen-bond acceptors (Lipinski definition) is 7. The lowest BCUT2D eigenvalue weighted by molar-refractivity contribution is 0.000532. The molecule has 0 bridgehead atoms. The average Bonchev–Trinajstić information content (AvgIpc) is 3.21. The van der Waals surface area contributed by atoms with E-state index in [2.05, 4.69) is 43.0 Å². The van der Waals surface area contributed by atoms with Crippen molar-refractivity contribution < 1.29 is 14.7 Å². The van der Waals surface area contributed by atoms with E-state index in [4.69, 9.17) is 0 Å². The molecule has 2 aromatic rings. The maximum Gasteiger partial charge on any atom is 0.282 e. The summed E-state index contributed by atoms with van der Waals surface area (Å²) in [6, 6.07) is 1.64. The number of pyridine rings is 1. The van der Waals surface area contributed by atoms with Crippen LogP contribution in [0.4, 0.5) is 5.82 Å². The molecular formula is C27H41N5O3S. The summed E-state index contributed by atoms with van der Waals surface area (Å²) in [5.41, 5.74) is 0.805. The number of carbonyl (C=O) groups is 2. The van der Waals surface area contributed by atoms with Crippen molar-refractivity contribution in [1.29, 1.82) is 0 Å². The Balaban J connectivity index is 2.07. The van der Waals surface area contributed by atoms with Gasteiger partial charge in [0.05, 0.1) is 16.5 Å². The fraction of sp³-hybridized carbons (Fsp3) is 0.630. The molecule has 2 aromatic heterocycles. The number of likely N-dealkylation sites (N-methyl/N-ethyl adjacent to an activating group) is 1. The number of hydrogen-bond donors (Lipinski definition) is 2. The van der Waals surface area contributed by atoms with Gasteiger partial charge < -0.3 is 20.2 Å². The molecule has 0 aromatic carbocycles. The van der Waals surface area contributed by atoms with Gasteiger partial charge >= 0.3 is 0 Å². The number of likely N-dealkylation sites (tertiary alicyclic amines) is 1. The number of thiazole rings is 1. The lowest BCUT2D eigenvalue weighted by atomic mass is 9.99. The number of nitrogens with zero attached hydrogens (tertiary/aromatic N) is 4. The molecule has 1 fully saturated rings. The summed E-state index contributed by atoms with van der Waals surface area (Å²) >= 11 is 1.21. The lowest BCUT2D eigenvalue weighted by Gasteiger charge is -2.33. The zero-order valence-electron chi connectivity index (χ0n) is 23.1. The second-order valence-electron chi connectivity index (χ2n) is 11.5. The van der Waals surface area contributed by atoms with Gasteiger partial charge in [-0.1, -0.05) is 0 Å². The number of carbonyl (C=O) groups excluding carboxylic acids is 2. The number of piperidine rings is 1. The molecule has 0 aliphatic carbocycles. The summed E-state index contributed by atoms with van der Waals surface area (Å²) in [4.78, 5) is 40.4. The van der Waals surface area contributed by atoms with Crippen LogP contribution in [0.2, 0.25) is 0 Å². The highest BCUT2D eigenvalue weighted by molar-refractivity contribution is 7.17. The lowest BCUT2D eigenvalue weighted by Crippen LogP contribution is -2.48. The normalized spacial score (nSPS) is 17.6. The first-order chi connectivity index (χ1) is 16.6. The van der Waals surface area contributed by atoms with Crippen LogP contribution in [0.5, 0.6) is 0 Å². The SMILES string of the molecule is Cc1cc(NC(C)(C)C)ncc1-c1sc(C(=O)N(C)C(C)C(C)(C)O)nc1C(=O)N1CCCC[C@@H]1C. The third-order valence-corrected chi connectivity index (χ3v) is 7.94. The van der Waals surface area contributed by atoms with Crippen molar-refractivity contribution in [3.05, 3.63) is 28.5 Å². The summed E-state index contributed by atoms with van der Waals surface area (Å²) < 4.78 is 0. The van der Waals surface area contributed by atoms with Gasteiger partial charge in [0.15, 0.2) is 5.01 Å². The van der Waals surface area contributed by atoms with Crippen molar-refractivity contribution in [2.75, 3.05) is 18.9 Å². The van der Waals surface area contributed by atoms with Crippen LogP contribution < -0.4 is 5.32 Å². The number of aliphatic hydroxyl groups is 1. The molecule has 1 aliphatic heterocycles. The number of aromatic nitrogens is 2. The summed E-state index contributed by atoms with van der Waals surface area (Å²) in [6.45, 7) is 16.1. The minimum Gasteiger partial charge on any atom is -0.388 e. The van der Waals surface area contributed by atoms with Gasteiger partial charge in [-0.2, -0.15) is 0 Å². The van der Waals surface area contributed by atoms with Crippen LogP contribution in [0.15, 0.2) is 12.3 Å². The Hall–Kier alpha value is -2.52. The molecule has 2 N–H and O–H groups in total. The monoisotopic (exact) mass is 515 g/mol. The van der Waals surface area contributed by atoms with Gasteiger partial charge in [0.1, 0.15) is 11.5 Å². The van der Waals surface area contributed by atoms with Crippen molar-refractivity contribution >= 4 is 29.0 Å². The average molecular weight is 516 g/mol. The highest BCUT2D eigenvalue weighted by Crippen LogP contribution is 2.36. The first kappa shape index (κ1) is 28.1. The quantitative estimate of drug-likeness (QED) is 0.564. The molecule has 3 rings (SSSR count). The van der Waals surface area contributed by atoms with Gasteiger partial charge in [0.25, 0.3) is 11.8 Å². The van der Waals surface area contributed by atoms with Gasteiger partial charge in [-0.3, -0.25) is 9.59 Å². The van der Waals surface area contributed by atoms with Gasteiger partial charge in [-0.15, -0.1) is 11.3 Å². The Kier molecular flexibility index (Phi) is 8.15. The van der Waals surface area contributed by atoms with Crippen LogP contribution in [0.3, 0.4) is 0 Å². The summed E-state index contributed by atoms with van der Waals surface area (Å²) in [5.74, 6) is 0.279. The van der Waals surface area contributed by atoms with Crippen molar-refractivity contribution in [3.8, 4) is 10.4 Å². The zero-order chi connectivity index (χ0) is 27.0. The van der Waals surface area contributed by atoms with E-state index in [-0.39, 0.29) is 28.4 Å². The van der Waals surface area contributed by atoms with Gasteiger partial charge in [0, 0.05) is 36.9 Å². The first-order valence-corrected chi connectivity index (χ1v) is 13.5. The van der Waals surface area contributed by atoms with Crippen LogP contribution in [0.25, 0.3) is 10.4 Å². The molecule has 0 saturated carbocycles. The van der Waals surface area contributed by atoms with E-state index in [1.165, 1.54) is 16.2 Å². The van der Waals surface area contributed by atoms with Crippen LogP contribution >= 0.6 is 11.3 Å². The van der Waals surface area contributed by atoms with Gasteiger partial charge in [0.2, 0.25) is 0 Å². The van der Waals surface area contributed by atoms with E-state index in [0.29, 0.717) is 17.1 Å². The molecule has 8 nitrogen and oxygen atoms in total. The number of amides is 2. The maximum absolute atomic E-state index is 13.7. The van der Waals surface area contributed by atoms with Crippen molar-refractivity contribution in [3.63, 3.8) is 0 Å². The highest BCUT2D eigenvalue weighted by atomic mass is 32.1. The Labute approximate surface area is 219 Å². The van der Waals surface area contributed by atoms with E-state index in [1.54, 1.807) is 34.0 Å². The molecule has 3 heterocycles. The highest BCUT2D eigenvalue weighted by Gasteiger charge is 2.34. The van der Waals surface area contributed by atoms with Crippen LogP contribution in [0, 0.1) is 6.92 Å². The molecule has 1 aliphatic rings. The molecule has 36 heavy (non-hydrogen) atoms. The summed E-state index contributed by atoms with van der Waals surface area (Å²) in [5, 5.41) is 14.0. The van der Waals surface area contributed by atoms with Crippen molar-refractivity contribution in [1.82, 2.24) is 19.8 Å². The minimum absolute atomic E-state index is 0.121. The van der Waals surface area contributed by atoms with E-state index in [0.717, 1.165) is 36.2 Å². The molecular weight excluding hydrogens is 474 g/mol. The topological polar surface area (TPSA) is 98.7 Å². The standard InChI is InChI=1S/C27H41N5O3S/c1-16-14-20(30-26(4,5)6)28-15-19(16)22-21(24(33)32-13-11-10-12-17(32)2)29-23(36-22)25(34)31(9)18(3)27(7,8)35/h14-15,17-18,35H,10-13H2,1-9H3,(H,28,30)/t17-,18?/m0/s1. The van der Waals surface area contributed by atoms with Crippen LogP contribution in [-0.4, -0.2) is 73.5 Å². The van der Waals surface area contributed by atoms with Crippen LogP contribution in [-0.2, 0) is 0 Å². The third kappa shape index (κ3) is 6.24. The van der Waals surface area contributed by atoms with E-state index < -0.39 is 11.6 Å². The van der Waals surface area contributed by atoms with E-state index in [9.17, 15) is 14.7 Å². The number of anilines is 1. The number of nitrogens with one attached hydrogen (secondary N) is 1. The number of aryl methyl sites for hydroxylation is 1. The summed E-state index contributed by atoms with van der Waals surface area (Å²) in [6.07, 6.45) is 4.77. The summed E-state index contributed by atoms with van der Waals surface area (Å²) in [7, 11) is 1.65. The fourth-order valence-electron chi connectivity index (χ4n) is 4.32. The predicted octanol–water partition coefficient (Wildman–Crippen LogP) is 4.97. The third-order valence-electron chi connectivity index (χ3n) is 6.86. The number of rotatable bonds is 6. The minimum atomic E-state index is -1.08. The molecule has 198 valence electrons. The van der Waals surface area contributed by atoms with E-state index >= 15 is 0 Å². The molecule has 0 radical (unpaired) electrons. The molecule has 1 saturated heterocycles. The molecule has 2 amide bonds. The smallest absolute Gasteiger partial charge is 0.282 e. The van der Waals surface area contributed by atoms with Gasteiger partial charge in [-0.25, -0.2) is 9.97 Å². The van der Waals surface area contributed by atoms with Crippen LogP contribution in [0.1, 0.15) is 93.6 Å². The predicted molar refractivity (Wildman–Crippen MR) is 146 cm³/mol. The largest absolute Gasteiger partial charge is 0.388 e. The molecule has 9 heteroatoms.